The van der Waals surface area contributed by atoms with Crippen LogP contribution < -0.4 is 10.6 Å². The molecule has 0 bridgehead atoms. The van der Waals surface area contributed by atoms with Gasteiger partial charge in [0.05, 0.1) is 5.92 Å². The lowest BCUT2D eigenvalue weighted by Crippen LogP contribution is -2.35. The molecule has 1 saturated heterocycles. The van der Waals surface area contributed by atoms with E-state index in [4.69, 9.17) is 15.2 Å². The minimum Gasteiger partial charge on any atom is -0.383 e. The van der Waals surface area contributed by atoms with Crippen LogP contribution in [0.1, 0.15) is 70.0 Å². The Balaban J connectivity index is 1.72. The van der Waals surface area contributed by atoms with Crippen molar-refractivity contribution < 1.29 is 4.52 Å². The Morgan fingerprint density at radius 3 is 2.92 bits per heavy atom. The Morgan fingerprint density at radius 2 is 2.19 bits per heavy atom. The molecular weight excluding hydrogens is 348 g/mol. The van der Waals surface area contributed by atoms with Crippen molar-refractivity contribution in [2.45, 2.75) is 63.4 Å². The van der Waals surface area contributed by atoms with E-state index in [9.17, 15) is 0 Å². The summed E-state index contributed by atoms with van der Waals surface area (Å²) in [5.41, 5.74) is 6.02. The summed E-state index contributed by atoms with van der Waals surface area (Å²) in [6.07, 6.45) is 4.43. The molecule has 142 valence electrons. The third-order valence-corrected chi connectivity index (χ3v) is 5.44. The highest BCUT2D eigenvalue weighted by molar-refractivity contribution is 7.99. The van der Waals surface area contributed by atoms with Gasteiger partial charge in [0.15, 0.2) is 11.0 Å². The van der Waals surface area contributed by atoms with Crippen LogP contribution in [0.2, 0.25) is 0 Å². The Labute approximate surface area is 159 Å². The van der Waals surface area contributed by atoms with Crippen LogP contribution in [-0.4, -0.2) is 39.0 Å². The Morgan fingerprint density at radius 1 is 1.35 bits per heavy atom. The van der Waals surface area contributed by atoms with Crippen LogP contribution in [0.25, 0.3) is 0 Å². The first kappa shape index (κ1) is 18.9. The molecule has 1 atom stereocenters. The second kappa shape index (κ2) is 8.70. The van der Waals surface area contributed by atoms with Gasteiger partial charge in [0.25, 0.3) is 0 Å². The molecule has 0 unspecified atom stereocenters. The maximum absolute atomic E-state index is 6.02. The van der Waals surface area contributed by atoms with Gasteiger partial charge in [-0.1, -0.05) is 44.1 Å². The minimum atomic E-state index is 0.233. The Kier molecular flexibility index (Phi) is 6.34. The van der Waals surface area contributed by atoms with Gasteiger partial charge >= 0.3 is 0 Å². The summed E-state index contributed by atoms with van der Waals surface area (Å²) >= 11 is 1.67. The number of nitrogens with two attached hydrogens (primary N) is 1. The summed E-state index contributed by atoms with van der Waals surface area (Å²) in [6.45, 7) is 8.10. The summed E-state index contributed by atoms with van der Waals surface area (Å²) in [5.74, 6) is 4.45. The van der Waals surface area contributed by atoms with Crippen LogP contribution >= 0.6 is 11.8 Å². The largest absolute Gasteiger partial charge is 0.383 e. The summed E-state index contributed by atoms with van der Waals surface area (Å²) in [4.78, 5) is 15.9. The van der Waals surface area contributed by atoms with Crippen LogP contribution in [0, 0.1) is 0 Å². The predicted octanol–water partition coefficient (Wildman–Crippen LogP) is 3.84. The first-order valence-electron chi connectivity index (χ1n) is 9.42. The van der Waals surface area contributed by atoms with Crippen molar-refractivity contribution in [3.8, 4) is 0 Å². The number of thioether (sulfide) groups is 1. The quantitative estimate of drug-likeness (QED) is 0.442. The smallest absolute Gasteiger partial charge is 0.231 e. The molecule has 7 nitrogen and oxygen atoms in total. The number of piperidine rings is 1. The van der Waals surface area contributed by atoms with E-state index in [2.05, 4.69) is 40.8 Å². The zero-order chi connectivity index (χ0) is 18.5. The fraction of sp³-hybridized carbons (Fsp3) is 0.667. The van der Waals surface area contributed by atoms with Gasteiger partial charge in [0, 0.05) is 30.8 Å². The fourth-order valence-electron chi connectivity index (χ4n) is 3.00. The molecule has 26 heavy (non-hydrogen) atoms. The lowest BCUT2D eigenvalue weighted by molar-refractivity contribution is 0.329. The maximum atomic E-state index is 6.02. The molecule has 1 aliphatic rings. The van der Waals surface area contributed by atoms with Gasteiger partial charge in [-0.3, -0.25) is 0 Å². The van der Waals surface area contributed by atoms with Crippen LogP contribution in [0.4, 0.5) is 11.6 Å². The van der Waals surface area contributed by atoms with Crippen molar-refractivity contribution >= 4 is 23.4 Å². The molecule has 0 spiro atoms. The zero-order valence-electron chi connectivity index (χ0n) is 15.8. The Bertz CT molecular complexity index is 719. The summed E-state index contributed by atoms with van der Waals surface area (Å²) in [5, 5.41) is 4.86. The van der Waals surface area contributed by atoms with Crippen molar-refractivity contribution in [2.24, 2.45) is 0 Å². The number of rotatable bonds is 7. The van der Waals surface area contributed by atoms with E-state index < -0.39 is 0 Å². The normalized spacial score (nSPS) is 17.8. The average Bonchev–Trinajstić information content (AvgIpc) is 3.12. The molecule has 3 heterocycles. The van der Waals surface area contributed by atoms with E-state index >= 15 is 0 Å². The third kappa shape index (κ3) is 4.66. The van der Waals surface area contributed by atoms with Gasteiger partial charge in [0.2, 0.25) is 5.89 Å². The highest BCUT2D eigenvalue weighted by Crippen LogP contribution is 2.30. The Hall–Kier alpha value is -1.83. The van der Waals surface area contributed by atoms with Crippen molar-refractivity contribution in [1.29, 1.82) is 0 Å². The van der Waals surface area contributed by atoms with Gasteiger partial charge in [-0.15, -0.1) is 0 Å². The monoisotopic (exact) mass is 376 g/mol. The van der Waals surface area contributed by atoms with Gasteiger partial charge in [0.1, 0.15) is 11.6 Å². The number of anilines is 2. The van der Waals surface area contributed by atoms with E-state index in [1.165, 1.54) is 6.42 Å². The molecule has 0 saturated carbocycles. The lowest BCUT2D eigenvalue weighted by atomic mass is 9.98. The van der Waals surface area contributed by atoms with E-state index in [0.29, 0.717) is 5.82 Å². The number of aromatic nitrogens is 4. The van der Waals surface area contributed by atoms with Gasteiger partial charge in [-0.05, 0) is 19.3 Å². The molecule has 0 amide bonds. The maximum Gasteiger partial charge on any atom is 0.231 e. The van der Waals surface area contributed by atoms with Crippen molar-refractivity contribution in [3.63, 3.8) is 0 Å². The molecule has 3 rings (SSSR count). The third-order valence-electron chi connectivity index (χ3n) is 4.51. The van der Waals surface area contributed by atoms with Gasteiger partial charge < -0.3 is 15.2 Å². The van der Waals surface area contributed by atoms with Gasteiger partial charge in [-0.25, -0.2) is 9.97 Å². The zero-order valence-corrected chi connectivity index (χ0v) is 16.6. The summed E-state index contributed by atoms with van der Waals surface area (Å²) in [6, 6.07) is 1.86. The second-order valence-electron chi connectivity index (χ2n) is 7.07. The van der Waals surface area contributed by atoms with E-state index in [-0.39, 0.29) is 11.8 Å². The van der Waals surface area contributed by atoms with E-state index in [1.807, 2.05) is 6.07 Å². The van der Waals surface area contributed by atoms with Crippen LogP contribution in [0.3, 0.4) is 0 Å². The molecule has 0 aromatic carbocycles. The number of hydrogen-bond donors (Lipinski definition) is 1. The fourth-order valence-corrected chi connectivity index (χ4v) is 3.94. The molecule has 8 heteroatoms. The van der Waals surface area contributed by atoms with Crippen molar-refractivity contribution in [1.82, 2.24) is 20.1 Å². The van der Waals surface area contributed by atoms with E-state index in [0.717, 1.165) is 60.8 Å². The first-order chi connectivity index (χ1) is 12.6. The number of nitrogen functional groups attached to an aromatic ring is 1. The predicted molar refractivity (Wildman–Crippen MR) is 105 cm³/mol. The highest BCUT2D eigenvalue weighted by Gasteiger charge is 2.27. The van der Waals surface area contributed by atoms with E-state index in [1.54, 1.807) is 11.8 Å². The molecule has 0 aliphatic carbocycles. The molecule has 2 aromatic heterocycles. The van der Waals surface area contributed by atoms with Crippen molar-refractivity contribution in [2.75, 3.05) is 29.5 Å². The first-order valence-corrected chi connectivity index (χ1v) is 10.4. The highest BCUT2D eigenvalue weighted by atomic mass is 32.2. The molecular formula is C18H28N6OS. The standard InChI is InChI=1S/C18H28N6OS/c1-4-5-9-26-18-20-14(19)10-15(21-18)24-8-6-7-13(11-24)17-22-16(12(2)3)23-25-17/h10,12-13H,4-9,11H2,1-3H3,(H2,19,20,21)/t13-/m0/s1. The summed E-state index contributed by atoms with van der Waals surface area (Å²) < 4.78 is 5.51. The van der Waals surface area contributed by atoms with Crippen LogP contribution in [0.15, 0.2) is 15.7 Å². The van der Waals surface area contributed by atoms with Crippen LogP contribution in [0.5, 0.6) is 0 Å². The summed E-state index contributed by atoms with van der Waals surface area (Å²) in [7, 11) is 0. The number of hydrogen-bond acceptors (Lipinski definition) is 8. The average molecular weight is 377 g/mol. The SMILES string of the molecule is CCCCSc1nc(N)cc(N2CCC[C@H](c3nc(C(C)C)no3)C2)n1. The molecule has 1 aliphatic heterocycles. The minimum absolute atomic E-state index is 0.233. The van der Waals surface area contributed by atoms with Gasteiger partial charge in [-0.2, -0.15) is 4.98 Å². The number of unbranched alkanes of at least 4 members (excludes halogenated alkanes) is 1. The molecule has 1 fully saturated rings. The topological polar surface area (TPSA) is 94.0 Å². The van der Waals surface area contributed by atoms with Crippen molar-refractivity contribution in [3.05, 3.63) is 17.8 Å². The van der Waals surface area contributed by atoms with Crippen LogP contribution in [-0.2, 0) is 0 Å². The molecule has 2 N–H and O–H groups in total. The molecule has 0 radical (unpaired) electrons. The molecule has 2 aromatic rings. The number of nitrogens with zero attached hydrogens (tertiary/aromatic N) is 5. The second-order valence-corrected chi connectivity index (χ2v) is 8.13. The lowest BCUT2D eigenvalue weighted by Gasteiger charge is -2.32.